The molecule has 96 valence electrons. The SMILES string of the molecule is CCCn1cc(OCc2ccc(F)cc2C)cn1. The van der Waals surface area contributed by atoms with Gasteiger partial charge in [-0.3, -0.25) is 4.68 Å². The standard InChI is InChI=1S/C14H17FN2O/c1-3-6-17-9-14(8-16-17)18-10-12-4-5-13(15)7-11(12)2/h4-5,7-9H,3,6,10H2,1-2H3. The highest BCUT2D eigenvalue weighted by molar-refractivity contribution is 5.26. The van der Waals surface area contributed by atoms with Crippen molar-refractivity contribution in [2.45, 2.75) is 33.4 Å². The summed E-state index contributed by atoms with van der Waals surface area (Å²) in [7, 11) is 0. The molecule has 1 aromatic heterocycles. The third kappa shape index (κ3) is 3.09. The van der Waals surface area contributed by atoms with Crippen LogP contribution in [0.4, 0.5) is 4.39 Å². The first-order valence-corrected chi connectivity index (χ1v) is 6.09. The molecule has 0 amide bonds. The molecule has 2 aromatic rings. The van der Waals surface area contributed by atoms with Gasteiger partial charge in [-0.05, 0) is 36.6 Å². The van der Waals surface area contributed by atoms with Crippen LogP contribution in [0.3, 0.4) is 0 Å². The molecular formula is C14H17FN2O. The van der Waals surface area contributed by atoms with E-state index in [2.05, 4.69) is 12.0 Å². The number of halogens is 1. The molecule has 18 heavy (non-hydrogen) atoms. The van der Waals surface area contributed by atoms with Crippen molar-refractivity contribution in [3.8, 4) is 5.75 Å². The molecule has 1 heterocycles. The summed E-state index contributed by atoms with van der Waals surface area (Å²) in [6.45, 7) is 5.30. The maximum atomic E-state index is 12.9. The van der Waals surface area contributed by atoms with Crippen molar-refractivity contribution in [3.05, 3.63) is 47.5 Å². The van der Waals surface area contributed by atoms with Gasteiger partial charge in [-0.25, -0.2) is 4.39 Å². The van der Waals surface area contributed by atoms with Gasteiger partial charge in [0, 0.05) is 6.54 Å². The summed E-state index contributed by atoms with van der Waals surface area (Å²) < 4.78 is 20.4. The van der Waals surface area contributed by atoms with Crippen LogP contribution in [-0.4, -0.2) is 9.78 Å². The van der Waals surface area contributed by atoms with E-state index in [1.165, 1.54) is 12.1 Å². The first kappa shape index (κ1) is 12.6. The Balaban J connectivity index is 1.97. The van der Waals surface area contributed by atoms with Crippen LogP contribution < -0.4 is 4.74 Å². The first-order chi connectivity index (χ1) is 8.69. The average Bonchev–Trinajstić information content (AvgIpc) is 2.76. The van der Waals surface area contributed by atoms with Crippen molar-refractivity contribution in [2.75, 3.05) is 0 Å². The lowest BCUT2D eigenvalue weighted by atomic mass is 10.1. The van der Waals surface area contributed by atoms with Gasteiger partial charge in [-0.2, -0.15) is 5.10 Å². The number of benzene rings is 1. The van der Waals surface area contributed by atoms with Crippen LogP contribution in [0, 0.1) is 12.7 Å². The molecule has 0 radical (unpaired) electrons. The zero-order valence-corrected chi connectivity index (χ0v) is 10.7. The molecule has 0 saturated heterocycles. The van der Waals surface area contributed by atoms with Gasteiger partial charge in [0.25, 0.3) is 0 Å². The van der Waals surface area contributed by atoms with Crippen LogP contribution in [0.5, 0.6) is 5.75 Å². The molecule has 0 unspecified atom stereocenters. The van der Waals surface area contributed by atoms with Crippen LogP contribution in [0.25, 0.3) is 0 Å². The fourth-order valence-corrected chi connectivity index (χ4v) is 1.75. The molecule has 3 nitrogen and oxygen atoms in total. The van der Waals surface area contributed by atoms with E-state index in [4.69, 9.17) is 4.74 Å². The van der Waals surface area contributed by atoms with E-state index in [1.807, 2.05) is 17.8 Å². The molecule has 4 heteroatoms. The van der Waals surface area contributed by atoms with E-state index < -0.39 is 0 Å². The van der Waals surface area contributed by atoms with Gasteiger partial charge in [0.15, 0.2) is 5.75 Å². The van der Waals surface area contributed by atoms with Crippen LogP contribution >= 0.6 is 0 Å². The second kappa shape index (κ2) is 5.67. The van der Waals surface area contributed by atoms with E-state index in [-0.39, 0.29) is 5.82 Å². The fraction of sp³-hybridized carbons (Fsp3) is 0.357. The molecule has 0 aliphatic carbocycles. The second-order valence-corrected chi connectivity index (χ2v) is 4.30. The Bertz CT molecular complexity index is 522. The minimum absolute atomic E-state index is 0.216. The zero-order valence-electron chi connectivity index (χ0n) is 10.7. The van der Waals surface area contributed by atoms with Gasteiger partial charge in [-0.15, -0.1) is 0 Å². The van der Waals surface area contributed by atoms with Gasteiger partial charge in [0.05, 0.1) is 12.4 Å². The maximum absolute atomic E-state index is 12.9. The van der Waals surface area contributed by atoms with Crippen molar-refractivity contribution in [1.82, 2.24) is 9.78 Å². The third-order valence-electron chi connectivity index (χ3n) is 2.76. The predicted octanol–water partition coefficient (Wildman–Crippen LogP) is 3.32. The van der Waals surface area contributed by atoms with Crippen LogP contribution in [0.2, 0.25) is 0 Å². The molecule has 0 aliphatic rings. The van der Waals surface area contributed by atoms with Crippen molar-refractivity contribution < 1.29 is 9.13 Å². The second-order valence-electron chi connectivity index (χ2n) is 4.30. The van der Waals surface area contributed by atoms with Crippen molar-refractivity contribution in [2.24, 2.45) is 0 Å². The number of rotatable bonds is 5. The van der Waals surface area contributed by atoms with E-state index in [1.54, 1.807) is 12.3 Å². The first-order valence-electron chi connectivity index (χ1n) is 6.09. The molecular weight excluding hydrogens is 231 g/mol. The summed E-state index contributed by atoms with van der Waals surface area (Å²) in [6.07, 6.45) is 4.62. The van der Waals surface area contributed by atoms with Crippen LogP contribution in [0.15, 0.2) is 30.6 Å². The average molecular weight is 248 g/mol. The largest absolute Gasteiger partial charge is 0.486 e. The Morgan fingerprint density at radius 3 is 2.94 bits per heavy atom. The van der Waals surface area contributed by atoms with Gasteiger partial charge < -0.3 is 4.74 Å². The van der Waals surface area contributed by atoms with E-state index >= 15 is 0 Å². The topological polar surface area (TPSA) is 27.1 Å². The highest BCUT2D eigenvalue weighted by Crippen LogP contribution is 2.15. The highest BCUT2D eigenvalue weighted by Gasteiger charge is 2.03. The molecule has 0 saturated carbocycles. The Hall–Kier alpha value is -1.84. The monoisotopic (exact) mass is 248 g/mol. The molecule has 0 atom stereocenters. The number of ether oxygens (including phenoxy) is 1. The quantitative estimate of drug-likeness (QED) is 0.811. The normalized spacial score (nSPS) is 10.6. The Labute approximate surface area is 106 Å². The van der Waals surface area contributed by atoms with E-state index in [0.717, 1.165) is 29.8 Å². The molecule has 2 rings (SSSR count). The number of nitrogens with zero attached hydrogens (tertiary/aromatic N) is 2. The van der Waals surface area contributed by atoms with Gasteiger partial charge in [0.1, 0.15) is 12.4 Å². The predicted molar refractivity (Wildman–Crippen MR) is 68.0 cm³/mol. The van der Waals surface area contributed by atoms with Gasteiger partial charge in [-0.1, -0.05) is 13.0 Å². The van der Waals surface area contributed by atoms with Gasteiger partial charge >= 0.3 is 0 Å². The van der Waals surface area contributed by atoms with Crippen molar-refractivity contribution in [1.29, 1.82) is 0 Å². The molecule has 0 aliphatic heterocycles. The van der Waals surface area contributed by atoms with Crippen molar-refractivity contribution >= 4 is 0 Å². The molecule has 0 N–H and O–H groups in total. The summed E-state index contributed by atoms with van der Waals surface area (Å²) in [5, 5.41) is 4.19. The van der Waals surface area contributed by atoms with E-state index in [0.29, 0.717) is 6.61 Å². The van der Waals surface area contributed by atoms with Gasteiger partial charge in [0.2, 0.25) is 0 Å². The summed E-state index contributed by atoms with van der Waals surface area (Å²) in [5.74, 6) is 0.527. The number of hydrogen-bond acceptors (Lipinski definition) is 2. The Morgan fingerprint density at radius 2 is 2.22 bits per heavy atom. The minimum atomic E-state index is -0.216. The zero-order chi connectivity index (χ0) is 13.0. The molecule has 0 fully saturated rings. The summed E-state index contributed by atoms with van der Waals surface area (Å²) in [6, 6.07) is 4.71. The number of hydrogen-bond donors (Lipinski definition) is 0. The Kier molecular flexibility index (Phi) is 3.97. The van der Waals surface area contributed by atoms with E-state index in [9.17, 15) is 4.39 Å². The number of aryl methyl sites for hydroxylation is 2. The fourth-order valence-electron chi connectivity index (χ4n) is 1.75. The molecule has 1 aromatic carbocycles. The maximum Gasteiger partial charge on any atom is 0.157 e. The van der Waals surface area contributed by atoms with Crippen LogP contribution in [-0.2, 0) is 13.2 Å². The lowest BCUT2D eigenvalue weighted by Gasteiger charge is -2.06. The lowest BCUT2D eigenvalue weighted by molar-refractivity contribution is 0.304. The Morgan fingerprint density at radius 1 is 1.39 bits per heavy atom. The molecule has 0 bridgehead atoms. The summed E-state index contributed by atoms with van der Waals surface area (Å²) in [4.78, 5) is 0. The minimum Gasteiger partial charge on any atom is -0.486 e. The number of aromatic nitrogens is 2. The van der Waals surface area contributed by atoms with Crippen molar-refractivity contribution in [3.63, 3.8) is 0 Å². The molecule has 0 spiro atoms. The smallest absolute Gasteiger partial charge is 0.157 e. The highest BCUT2D eigenvalue weighted by atomic mass is 19.1. The summed E-state index contributed by atoms with van der Waals surface area (Å²) in [5.41, 5.74) is 1.88. The lowest BCUT2D eigenvalue weighted by Crippen LogP contribution is -1.98. The third-order valence-corrected chi connectivity index (χ3v) is 2.76. The van der Waals surface area contributed by atoms with Crippen LogP contribution in [0.1, 0.15) is 24.5 Å². The summed E-state index contributed by atoms with van der Waals surface area (Å²) >= 11 is 0.